The molecule has 1 aromatic rings. The third-order valence-electron chi connectivity index (χ3n) is 2.62. The van der Waals surface area contributed by atoms with E-state index in [1.165, 1.54) is 0 Å². The number of azide groups is 1. The second kappa shape index (κ2) is 4.24. The molecular weight excluding hydrogens is 220 g/mol. The SMILES string of the molecule is Cc1ncc(CN=[N+]=[N-])c2c1OC(C)(C)OC2. The number of ether oxygens (including phenoxy) is 2. The van der Waals surface area contributed by atoms with Crippen molar-refractivity contribution in [3.05, 3.63) is 33.5 Å². The van der Waals surface area contributed by atoms with Gasteiger partial charge in [0.25, 0.3) is 0 Å². The molecule has 0 spiro atoms. The summed E-state index contributed by atoms with van der Waals surface area (Å²) in [5.41, 5.74) is 10.9. The lowest BCUT2D eigenvalue weighted by Gasteiger charge is -2.34. The monoisotopic (exact) mass is 234 g/mol. The Morgan fingerprint density at radius 2 is 2.35 bits per heavy atom. The van der Waals surface area contributed by atoms with Crippen LogP contribution in [0.15, 0.2) is 11.3 Å². The highest BCUT2D eigenvalue weighted by molar-refractivity contribution is 5.42. The van der Waals surface area contributed by atoms with Gasteiger partial charge in [-0.05, 0) is 18.0 Å². The van der Waals surface area contributed by atoms with E-state index in [0.29, 0.717) is 6.61 Å². The first-order valence-electron chi connectivity index (χ1n) is 5.34. The number of pyridine rings is 1. The van der Waals surface area contributed by atoms with Crippen LogP contribution in [-0.2, 0) is 17.9 Å². The predicted octanol–water partition coefficient (Wildman–Crippen LogP) is 2.85. The lowest BCUT2D eigenvalue weighted by atomic mass is 10.1. The van der Waals surface area contributed by atoms with E-state index in [-0.39, 0.29) is 6.54 Å². The summed E-state index contributed by atoms with van der Waals surface area (Å²) in [4.78, 5) is 6.99. The van der Waals surface area contributed by atoms with Crippen LogP contribution >= 0.6 is 0 Å². The summed E-state index contributed by atoms with van der Waals surface area (Å²) in [5, 5.41) is 3.55. The van der Waals surface area contributed by atoms with E-state index in [1.807, 2.05) is 20.8 Å². The molecule has 6 nitrogen and oxygen atoms in total. The van der Waals surface area contributed by atoms with E-state index in [1.54, 1.807) is 6.20 Å². The van der Waals surface area contributed by atoms with Crippen molar-refractivity contribution in [3.63, 3.8) is 0 Å². The summed E-state index contributed by atoms with van der Waals surface area (Å²) in [7, 11) is 0. The average molecular weight is 234 g/mol. The number of hydrogen-bond acceptors (Lipinski definition) is 4. The van der Waals surface area contributed by atoms with Crippen molar-refractivity contribution in [3.8, 4) is 5.75 Å². The van der Waals surface area contributed by atoms with Gasteiger partial charge in [0.15, 0.2) is 0 Å². The van der Waals surface area contributed by atoms with Gasteiger partial charge < -0.3 is 9.47 Å². The molecule has 1 aliphatic heterocycles. The zero-order chi connectivity index (χ0) is 12.5. The molecular formula is C11H14N4O2. The first-order valence-corrected chi connectivity index (χ1v) is 5.34. The molecule has 6 heteroatoms. The third kappa shape index (κ3) is 2.33. The first-order chi connectivity index (χ1) is 8.03. The van der Waals surface area contributed by atoms with Gasteiger partial charge in [-0.1, -0.05) is 5.11 Å². The fourth-order valence-electron chi connectivity index (χ4n) is 1.73. The number of rotatable bonds is 2. The Labute approximate surface area is 99.2 Å². The average Bonchev–Trinajstić information content (AvgIpc) is 2.28. The minimum absolute atomic E-state index is 0.263. The van der Waals surface area contributed by atoms with Crippen molar-refractivity contribution >= 4 is 0 Å². The van der Waals surface area contributed by atoms with E-state index in [4.69, 9.17) is 15.0 Å². The smallest absolute Gasteiger partial charge is 0.205 e. The summed E-state index contributed by atoms with van der Waals surface area (Å²) in [6, 6.07) is 0. The largest absolute Gasteiger partial charge is 0.461 e. The highest BCUT2D eigenvalue weighted by Gasteiger charge is 2.30. The lowest BCUT2D eigenvalue weighted by Crippen LogP contribution is -2.36. The number of hydrogen-bond donors (Lipinski definition) is 0. The zero-order valence-electron chi connectivity index (χ0n) is 10.1. The van der Waals surface area contributed by atoms with E-state index in [2.05, 4.69) is 15.0 Å². The molecule has 0 radical (unpaired) electrons. The summed E-state index contributed by atoms with van der Waals surface area (Å²) in [5.74, 6) is 0.100. The van der Waals surface area contributed by atoms with E-state index in [0.717, 1.165) is 22.6 Å². The molecule has 1 aromatic heterocycles. The normalized spacial score (nSPS) is 16.6. The molecule has 0 saturated carbocycles. The summed E-state index contributed by atoms with van der Waals surface area (Å²) in [6.45, 7) is 6.31. The standard InChI is InChI=1S/C11H14N4O2/c1-7-10-9(6-16-11(2,3)17-10)8(4-13-7)5-14-15-12/h4H,5-6H2,1-3H3. The van der Waals surface area contributed by atoms with Crippen molar-refractivity contribution in [2.45, 2.75) is 39.7 Å². The molecule has 0 saturated heterocycles. The van der Waals surface area contributed by atoms with Crippen molar-refractivity contribution in [1.29, 1.82) is 0 Å². The maximum Gasteiger partial charge on any atom is 0.205 e. The van der Waals surface area contributed by atoms with Crippen molar-refractivity contribution in [2.75, 3.05) is 0 Å². The van der Waals surface area contributed by atoms with Gasteiger partial charge in [0.1, 0.15) is 5.75 Å². The minimum Gasteiger partial charge on any atom is -0.461 e. The molecule has 1 aliphatic rings. The Morgan fingerprint density at radius 1 is 1.59 bits per heavy atom. The Morgan fingerprint density at radius 3 is 3.06 bits per heavy atom. The summed E-state index contributed by atoms with van der Waals surface area (Å²) in [6.07, 6.45) is 1.70. The summed E-state index contributed by atoms with van der Waals surface area (Å²) >= 11 is 0. The first kappa shape index (κ1) is 11.7. The summed E-state index contributed by atoms with van der Waals surface area (Å²) < 4.78 is 11.3. The van der Waals surface area contributed by atoms with Gasteiger partial charge in [-0.15, -0.1) is 0 Å². The fraction of sp³-hybridized carbons (Fsp3) is 0.545. The van der Waals surface area contributed by atoms with Gasteiger partial charge >= 0.3 is 0 Å². The Balaban J connectivity index is 2.44. The van der Waals surface area contributed by atoms with Crippen LogP contribution in [-0.4, -0.2) is 10.8 Å². The molecule has 0 aliphatic carbocycles. The molecule has 0 aromatic carbocycles. The molecule has 2 rings (SSSR count). The molecule has 2 heterocycles. The second-order valence-electron chi connectivity index (χ2n) is 4.36. The maximum atomic E-state index is 8.34. The molecule has 0 bridgehead atoms. The number of fused-ring (bicyclic) bond motifs is 1. The third-order valence-corrected chi connectivity index (χ3v) is 2.62. The van der Waals surface area contributed by atoms with Crippen LogP contribution in [0, 0.1) is 6.92 Å². The van der Waals surface area contributed by atoms with E-state index in [9.17, 15) is 0 Å². The number of aryl methyl sites for hydroxylation is 1. The maximum absolute atomic E-state index is 8.34. The second-order valence-corrected chi connectivity index (χ2v) is 4.36. The number of aromatic nitrogens is 1. The van der Waals surface area contributed by atoms with Gasteiger partial charge in [0, 0.05) is 30.5 Å². The van der Waals surface area contributed by atoms with Crippen LogP contribution < -0.4 is 4.74 Å². The zero-order valence-corrected chi connectivity index (χ0v) is 10.1. The van der Waals surface area contributed by atoms with Crippen LogP contribution in [0.25, 0.3) is 10.4 Å². The molecule has 0 fully saturated rings. The van der Waals surface area contributed by atoms with Gasteiger partial charge in [-0.25, -0.2) is 0 Å². The molecule has 0 atom stereocenters. The quantitative estimate of drug-likeness (QED) is 0.448. The molecule has 0 unspecified atom stereocenters. The van der Waals surface area contributed by atoms with E-state index >= 15 is 0 Å². The molecule has 0 amide bonds. The van der Waals surface area contributed by atoms with Crippen molar-refractivity contribution in [2.24, 2.45) is 5.11 Å². The highest BCUT2D eigenvalue weighted by Crippen LogP contribution is 2.35. The van der Waals surface area contributed by atoms with Gasteiger partial charge in [0.2, 0.25) is 5.79 Å². The van der Waals surface area contributed by atoms with Crippen LogP contribution in [0.4, 0.5) is 0 Å². The van der Waals surface area contributed by atoms with Gasteiger partial charge in [-0.2, -0.15) is 0 Å². The number of nitrogens with zero attached hydrogens (tertiary/aromatic N) is 4. The highest BCUT2D eigenvalue weighted by atomic mass is 16.7. The van der Waals surface area contributed by atoms with Crippen LogP contribution in [0.5, 0.6) is 5.75 Å². The Hall–Kier alpha value is -1.78. The molecule has 0 N–H and O–H groups in total. The minimum atomic E-state index is -0.642. The fourth-order valence-corrected chi connectivity index (χ4v) is 1.73. The van der Waals surface area contributed by atoms with Crippen molar-refractivity contribution in [1.82, 2.24) is 4.98 Å². The van der Waals surface area contributed by atoms with Crippen LogP contribution in [0.2, 0.25) is 0 Å². The van der Waals surface area contributed by atoms with Crippen LogP contribution in [0.3, 0.4) is 0 Å². The Bertz CT molecular complexity index is 492. The van der Waals surface area contributed by atoms with E-state index < -0.39 is 5.79 Å². The predicted molar refractivity (Wildman–Crippen MR) is 61.3 cm³/mol. The van der Waals surface area contributed by atoms with Crippen LogP contribution in [0.1, 0.15) is 30.7 Å². The van der Waals surface area contributed by atoms with Gasteiger partial charge in [0.05, 0.1) is 18.8 Å². The Kier molecular flexibility index (Phi) is 2.92. The lowest BCUT2D eigenvalue weighted by molar-refractivity contribution is -0.180. The topological polar surface area (TPSA) is 80.1 Å². The van der Waals surface area contributed by atoms with Gasteiger partial charge in [-0.3, -0.25) is 4.98 Å². The van der Waals surface area contributed by atoms with Crippen molar-refractivity contribution < 1.29 is 9.47 Å². The molecule has 17 heavy (non-hydrogen) atoms. The molecule has 90 valence electrons.